The monoisotopic (exact) mass is 274 g/mol. The van der Waals surface area contributed by atoms with Crippen molar-refractivity contribution in [3.8, 4) is 11.5 Å². The van der Waals surface area contributed by atoms with Crippen LogP contribution >= 0.6 is 7.60 Å². The predicted molar refractivity (Wildman–Crippen MR) is 69.3 cm³/mol. The SMILES string of the molecule is CCCc1c(OC)cc(CP(=O)(O)O)cc1OC. The van der Waals surface area contributed by atoms with E-state index in [0.717, 1.165) is 18.4 Å². The van der Waals surface area contributed by atoms with Crippen molar-refractivity contribution < 1.29 is 23.8 Å². The van der Waals surface area contributed by atoms with Crippen LogP contribution in [0.1, 0.15) is 24.5 Å². The molecule has 1 aromatic rings. The van der Waals surface area contributed by atoms with Crippen molar-refractivity contribution in [2.24, 2.45) is 0 Å². The lowest BCUT2D eigenvalue weighted by Gasteiger charge is -2.15. The summed E-state index contributed by atoms with van der Waals surface area (Å²) in [6.45, 7) is 2.04. The molecule has 0 heterocycles. The molecule has 6 heteroatoms. The molecule has 1 rings (SSSR count). The Bertz CT molecular complexity index is 427. The lowest BCUT2D eigenvalue weighted by Crippen LogP contribution is -1.99. The van der Waals surface area contributed by atoms with Crippen molar-refractivity contribution in [3.05, 3.63) is 23.3 Å². The highest BCUT2D eigenvalue weighted by atomic mass is 31.2. The van der Waals surface area contributed by atoms with Crippen LogP contribution in [-0.2, 0) is 17.1 Å². The molecule has 2 N–H and O–H groups in total. The largest absolute Gasteiger partial charge is 0.496 e. The summed E-state index contributed by atoms with van der Waals surface area (Å²) in [5.41, 5.74) is 1.44. The molecule has 0 spiro atoms. The van der Waals surface area contributed by atoms with E-state index in [1.165, 1.54) is 14.2 Å². The van der Waals surface area contributed by atoms with Crippen molar-refractivity contribution in [2.45, 2.75) is 25.9 Å². The van der Waals surface area contributed by atoms with Crippen LogP contribution in [0.4, 0.5) is 0 Å². The summed E-state index contributed by atoms with van der Waals surface area (Å²) >= 11 is 0. The predicted octanol–water partition coefficient (Wildman–Crippen LogP) is 2.33. The van der Waals surface area contributed by atoms with Gasteiger partial charge in [-0.2, -0.15) is 0 Å². The smallest absolute Gasteiger partial charge is 0.329 e. The van der Waals surface area contributed by atoms with E-state index < -0.39 is 7.60 Å². The maximum atomic E-state index is 11.0. The number of ether oxygens (including phenoxy) is 2. The Hall–Kier alpha value is -1.03. The summed E-state index contributed by atoms with van der Waals surface area (Å²) in [6, 6.07) is 3.32. The zero-order chi connectivity index (χ0) is 13.8. The third-order valence-corrected chi connectivity index (χ3v) is 3.33. The highest BCUT2D eigenvalue weighted by Crippen LogP contribution is 2.42. The molecule has 0 radical (unpaired) electrons. The molecule has 18 heavy (non-hydrogen) atoms. The molecule has 0 aliphatic heterocycles. The maximum absolute atomic E-state index is 11.0. The molecule has 0 unspecified atom stereocenters. The maximum Gasteiger partial charge on any atom is 0.329 e. The van der Waals surface area contributed by atoms with Crippen LogP contribution in [0.25, 0.3) is 0 Å². The quantitative estimate of drug-likeness (QED) is 0.779. The molecule has 0 amide bonds. The van der Waals surface area contributed by atoms with Crippen LogP contribution < -0.4 is 9.47 Å². The van der Waals surface area contributed by atoms with E-state index in [1.54, 1.807) is 12.1 Å². The topological polar surface area (TPSA) is 76.0 Å². The molecular weight excluding hydrogens is 255 g/mol. The van der Waals surface area contributed by atoms with E-state index in [0.29, 0.717) is 17.1 Å². The molecule has 0 aliphatic carbocycles. The van der Waals surface area contributed by atoms with Crippen molar-refractivity contribution in [1.82, 2.24) is 0 Å². The first-order valence-corrected chi connectivity index (χ1v) is 7.49. The minimum atomic E-state index is -4.09. The van der Waals surface area contributed by atoms with Gasteiger partial charge in [-0.25, -0.2) is 0 Å². The van der Waals surface area contributed by atoms with Gasteiger partial charge in [-0.1, -0.05) is 13.3 Å². The second kappa shape index (κ2) is 6.23. The van der Waals surface area contributed by atoms with Gasteiger partial charge in [0, 0.05) is 5.56 Å². The van der Waals surface area contributed by atoms with Crippen LogP contribution in [0.3, 0.4) is 0 Å². The summed E-state index contributed by atoms with van der Waals surface area (Å²) in [5, 5.41) is 0. The Morgan fingerprint density at radius 1 is 1.17 bits per heavy atom. The highest BCUT2D eigenvalue weighted by Gasteiger charge is 2.18. The van der Waals surface area contributed by atoms with Gasteiger partial charge in [0.15, 0.2) is 0 Å². The van der Waals surface area contributed by atoms with Crippen molar-refractivity contribution in [2.75, 3.05) is 14.2 Å². The Balaban J connectivity index is 3.21. The second-order valence-corrected chi connectivity index (χ2v) is 5.70. The van der Waals surface area contributed by atoms with Crippen LogP contribution in [0.2, 0.25) is 0 Å². The number of hydrogen-bond acceptors (Lipinski definition) is 3. The molecule has 0 fully saturated rings. The Kier molecular flexibility index (Phi) is 5.20. The van der Waals surface area contributed by atoms with Gasteiger partial charge in [-0.3, -0.25) is 4.57 Å². The van der Waals surface area contributed by atoms with Gasteiger partial charge in [-0.15, -0.1) is 0 Å². The van der Waals surface area contributed by atoms with Gasteiger partial charge in [0.1, 0.15) is 11.5 Å². The minimum Gasteiger partial charge on any atom is -0.496 e. The van der Waals surface area contributed by atoms with Gasteiger partial charge in [0.25, 0.3) is 0 Å². The molecule has 0 saturated carbocycles. The first kappa shape index (κ1) is 15.0. The first-order chi connectivity index (χ1) is 8.41. The average molecular weight is 274 g/mol. The first-order valence-electron chi connectivity index (χ1n) is 5.69. The number of benzene rings is 1. The van der Waals surface area contributed by atoms with E-state index in [2.05, 4.69) is 0 Å². The number of methoxy groups -OCH3 is 2. The molecule has 0 aliphatic rings. The summed E-state index contributed by atoms with van der Waals surface area (Å²) in [5.74, 6) is 1.22. The molecular formula is C12H19O5P. The summed E-state index contributed by atoms with van der Waals surface area (Å²) in [6.07, 6.45) is 1.42. The normalized spacial score (nSPS) is 11.4. The minimum absolute atomic E-state index is 0.313. The van der Waals surface area contributed by atoms with Gasteiger partial charge in [0.2, 0.25) is 0 Å². The third-order valence-electron chi connectivity index (χ3n) is 2.56. The Labute approximate surface area is 107 Å². The molecule has 5 nitrogen and oxygen atoms in total. The molecule has 0 aromatic heterocycles. The van der Waals surface area contributed by atoms with E-state index in [9.17, 15) is 4.57 Å². The zero-order valence-corrected chi connectivity index (χ0v) is 11.7. The molecule has 0 bridgehead atoms. The Morgan fingerprint density at radius 3 is 2.00 bits per heavy atom. The standard InChI is InChI=1S/C12H19O5P/c1-4-5-10-11(16-2)6-9(7-12(10)17-3)8-18(13,14)15/h6-7H,4-5,8H2,1-3H3,(H2,13,14,15). The van der Waals surface area contributed by atoms with Crippen molar-refractivity contribution >= 4 is 7.60 Å². The van der Waals surface area contributed by atoms with Gasteiger partial charge in [0.05, 0.1) is 20.4 Å². The molecule has 1 aromatic carbocycles. The Morgan fingerprint density at radius 2 is 1.67 bits per heavy atom. The fourth-order valence-electron chi connectivity index (χ4n) is 1.86. The van der Waals surface area contributed by atoms with E-state index in [4.69, 9.17) is 19.3 Å². The lowest BCUT2D eigenvalue weighted by molar-refractivity contribution is 0.370. The molecule has 0 saturated heterocycles. The highest BCUT2D eigenvalue weighted by molar-refractivity contribution is 7.50. The van der Waals surface area contributed by atoms with E-state index in [-0.39, 0.29) is 6.16 Å². The zero-order valence-electron chi connectivity index (χ0n) is 10.8. The van der Waals surface area contributed by atoms with Crippen molar-refractivity contribution in [3.63, 3.8) is 0 Å². The van der Waals surface area contributed by atoms with Gasteiger partial charge < -0.3 is 19.3 Å². The van der Waals surface area contributed by atoms with Gasteiger partial charge >= 0.3 is 7.60 Å². The fourth-order valence-corrected chi connectivity index (χ4v) is 2.52. The second-order valence-electron chi connectivity index (χ2n) is 4.05. The van der Waals surface area contributed by atoms with Crippen LogP contribution in [-0.4, -0.2) is 24.0 Å². The molecule has 102 valence electrons. The lowest BCUT2D eigenvalue weighted by atomic mass is 10.1. The number of rotatable bonds is 6. The average Bonchev–Trinajstić information content (AvgIpc) is 2.28. The van der Waals surface area contributed by atoms with Crippen molar-refractivity contribution in [1.29, 1.82) is 0 Å². The fraction of sp³-hybridized carbons (Fsp3) is 0.500. The van der Waals surface area contributed by atoms with E-state index >= 15 is 0 Å². The molecule has 0 atom stereocenters. The number of hydrogen-bond donors (Lipinski definition) is 2. The third kappa shape index (κ3) is 4.02. The van der Waals surface area contributed by atoms with Crippen LogP contribution in [0, 0.1) is 0 Å². The summed E-state index contributed by atoms with van der Waals surface area (Å²) < 4.78 is 21.5. The van der Waals surface area contributed by atoms with Crippen LogP contribution in [0.15, 0.2) is 12.1 Å². The van der Waals surface area contributed by atoms with Crippen LogP contribution in [0.5, 0.6) is 11.5 Å². The van der Waals surface area contributed by atoms with Gasteiger partial charge in [-0.05, 0) is 24.1 Å². The summed E-state index contributed by atoms with van der Waals surface area (Å²) in [7, 11) is -1.02. The van der Waals surface area contributed by atoms with E-state index in [1.807, 2.05) is 6.92 Å². The summed E-state index contributed by atoms with van der Waals surface area (Å²) in [4.78, 5) is 18.0.